The largest absolute Gasteiger partial charge is 0.465 e. The number of aromatic amines is 1. The Balaban J connectivity index is 1.85. The summed E-state index contributed by atoms with van der Waals surface area (Å²) in [5.41, 5.74) is 1.13. The highest BCUT2D eigenvalue weighted by Crippen LogP contribution is 2.20. The van der Waals surface area contributed by atoms with E-state index in [0.29, 0.717) is 29.0 Å². The minimum Gasteiger partial charge on any atom is -0.465 e. The number of hydrogen-bond acceptors (Lipinski definition) is 5. The summed E-state index contributed by atoms with van der Waals surface area (Å²) in [7, 11) is 4.34. The van der Waals surface area contributed by atoms with Gasteiger partial charge in [0.1, 0.15) is 12.3 Å². The maximum Gasteiger partial charge on any atom is 0.462 e. The fraction of sp³-hybridized carbons (Fsp3) is 0.182. The molecule has 2 aromatic carbocycles. The average molecular weight is 421 g/mol. The number of benzene rings is 2. The first kappa shape index (κ1) is 20.1. The van der Waals surface area contributed by atoms with Gasteiger partial charge in [0.25, 0.3) is 11.2 Å². The van der Waals surface area contributed by atoms with E-state index in [0.717, 1.165) is 10.1 Å². The molecule has 2 aromatic heterocycles. The summed E-state index contributed by atoms with van der Waals surface area (Å²) in [5, 5.41) is 0. The van der Waals surface area contributed by atoms with Crippen LogP contribution in [0.4, 0.5) is 0 Å². The molecular weight excluding hydrogens is 400 g/mol. The third kappa shape index (κ3) is 3.61. The normalized spacial score (nSPS) is 10.9. The number of esters is 1. The summed E-state index contributed by atoms with van der Waals surface area (Å²) >= 11 is 0. The monoisotopic (exact) mass is 421 g/mol. The van der Waals surface area contributed by atoms with Gasteiger partial charge in [-0.3, -0.25) is 13.9 Å². The van der Waals surface area contributed by atoms with E-state index < -0.39 is 17.2 Å². The van der Waals surface area contributed by atoms with Gasteiger partial charge < -0.3 is 9.47 Å². The Morgan fingerprint density at radius 2 is 1.68 bits per heavy atom. The first-order valence-corrected chi connectivity index (χ1v) is 9.52. The van der Waals surface area contributed by atoms with Crippen molar-refractivity contribution in [1.82, 2.24) is 14.1 Å². The van der Waals surface area contributed by atoms with Gasteiger partial charge in [-0.15, -0.1) is 0 Å². The molecule has 0 spiro atoms. The lowest BCUT2D eigenvalue weighted by atomic mass is 10.2. The molecule has 0 fully saturated rings. The quantitative estimate of drug-likeness (QED) is 0.389. The Morgan fingerprint density at radius 1 is 1.00 bits per heavy atom. The summed E-state index contributed by atoms with van der Waals surface area (Å²) in [6.07, 6.45) is 0. The molecule has 9 nitrogen and oxygen atoms in total. The number of aromatic nitrogens is 4. The second-order valence-corrected chi connectivity index (χ2v) is 7.02. The molecular formula is C22H21N4O5+. The van der Waals surface area contributed by atoms with Crippen LogP contribution < -0.4 is 20.6 Å². The molecule has 0 amide bonds. The third-order valence-corrected chi connectivity index (χ3v) is 5.05. The van der Waals surface area contributed by atoms with Crippen LogP contribution in [0.15, 0.2) is 64.2 Å². The molecule has 4 rings (SSSR count). The van der Waals surface area contributed by atoms with E-state index in [1.54, 1.807) is 35.9 Å². The number of nitrogens with zero attached hydrogens (tertiary/aromatic N) is 3. The maximum absolute atomic E-state index is 12.9. The highest BCUT2D eigenvalue weighted by Gasteiger charge is 2.28. The number of carbonyl (C=O) groups is 1. The second-order valence-electron chi connectivity index (χ2n) is 7.02. The number of imidazole rings is 1. The number of hydrogen-bond donors (Lipinski definition) is 1. The molecule has 2 heterocycles. The summed E-state index contributed by atoms with van der Waals surface area (Å²) in [4.78, 5) is 40.0. The number of rotatable bonds is 5. The molecule has 158 valence electrons. The van der Waals surface area contributed by atoms with Crippen LogP contribution in [0.3, 0.4) is 0 Å². The van der Waals surface area contributed by atoms with Crippen molar-refractivity contribution in [2.75, 3.05) is 7.11 Å². The predicted octanol–water partition coefficient (Wildman–Crippen LogP) is 1.48. The molecule has 9 heteroatoms. The van der Waals surface area contributed by atoms with Crippen molar-refractivity contribution in [3.8, 4) is 11.8 Å². The zero-order valence-electron chi connectivity index (χ0n) is 17.3. The van der Waals surface area contributed by atoms with Crippen LogP contribution in [0.2, 0.25) is 0 Å². The zero-order chi connectivity index (χ0) is 22.1. The van der Waals surface area contributed by atoms with Crippen LogP contribution in [-0.2, 0) is 25.4 Å². The number of nitrogens with one attached hydrogen (secondary N) is 1. The fourth-order valence-corrected chi connectivity index (χ4v) is 3.37. The van der Waals surface area contributed by atoms with Gasteiger partial charge >= 0.3 is 23.2 Å². The molecule has 0 atom stereocenters. The molecule has 0 saturated heterocycles. The molecule has 0 radical (unpaired) electrons. The fourth-order valence-electron chi connectivity index (χ4n) is 3.37. The van der Waals surface area contributed by atoms with Crippen molar-refractivity contribution in [2.45, 2.75) is 6.54 Å². The van der Waals surface area contributed by atoms with Crippen LogP contribution >= 0.6 is 0 Å². The number of carbonyl (C=O) groups excluding carboxylic acids is 1. The maximum atomic E-state index is 12.9. The SMILES string of the molecule is COC(=O)c1ccc(Oc2[nH]c3c(c(=O)n(C)c(=O)n3C)[n+]2Cc2ccccc2)cc1. The van der Waals surface area contributed by atoms with Gasteiger partial charge in [0.05, 0.1) is 12.7 Å². The van der Waals surface area contributed by atoms with Crippen molar-refractivity contribution in [2.24, 2.45) is 14.1 Å². The standard InChI is InChI=1S/C22H20N4O5/c1-24-18-17(19(27)25(2)22(24)29)26(13-14-7-5-4-6-8-14)21(23-18)31-16-11-9-15(10-12-16)20(28)30-3/h4-12H,13H2,1-3H3/p+1. The molecule has 1 N–H and O–H groups in total. The molecule has 0 aliphatic heterocycles. The second kappa shape index (κ2) is 7.94. The Morgan fingerprint density at radius 3 is 2.32 bits per heavy atom. The van der Waals surface area contributed by atoms with Crippen molar-refractivity contribution < 1.29 is 18.8 Å². The third-order valence-electron chi connectivity index (χ3n) is 5.05. The minimum absolute atomic E-state index is 0.281. The predicted molar refractivity (Wildman–Crippen MR) is 112 cm³/mol. The summed E-state index contributed by atoms with van der Waals surface area (Å²) in [6, 6.07) is 16.3. The van der Waals surface area contributed by atoms with Crippen molar-refractivity contribution >= 4 is 17.1 Å². The molecule has 0 bridgehead atoms. The highest BCUT2D eigenvalue weighted by atomic mass is 16.5. The highest BCUT2D eigenvalue weighted by molar-refractivity contribution is 5.89. The lowest BCUT2D eigenvalue weighted by Crippen LogP contribution is -2.44. The van der Waals surface area contributed by atoms with E-state index in [4.69, 9.17) is 9.47 Å². The van der Waals surface area contributed by atoms with Crippen LogP contribution in [0, 0.1) is 0 Å². The summed E-state index contributed by atoms with van der Waals surface area (Å²) < 4.78 is 14.8. The van der Waals surface area contributed by atoms with E-state index in [-0.39, 0.29) is 6.01 Å². The molecule has 0 aliphatic carbocycles. The number of H-pyrrole nitrogens is 1. The van der Waals surface area contributed by atoms with Gasteiger partial charge in [0.15, 0.2) is 0 Å². The van der Waals surface area contributed by atoms with E-state index in [2.05, 4.69) is 4.98 Å². The van der Waals surface area contributed by atoms with Crippen molar-refractivity contribution in [3.05, 3.63) is 86.6 Å². The van der Waals surface area contributed by atoms with Gasteiger partial charge in [-0.05, 0) is 29.8 Å². The summed E-state index contributed by atoms with van der Waals surface area (Å²) in [5.74, 6) is -0.00218. The number of fused-ring (bicyclic) bond motifs is 1. The lowest BCUT2D eigenvalue weighted by Gasteiger charge is -2.05. The van der Waals surface area contributed by atoms with Crippen LogP contribution in [0.5, 0.6) is 11.8 Å². The number of aryl methyl sites for hydroxylation is 1. The molecule has 31 heavy (non-hydrogen) atoms. The van der Waals surface area contributed by atoms with E-state index in [1.165, 1.54) is 18.7 Å². The molecule has 0 aliphatic rings. The van der Waals surface area contributed by atoms with Crippen molar-refractivity contribution in [1.29, 1.82) is 0 Å². The van der Waals surface area contributed by atoms with Gasteiger partial charge in [0, 0.05) is 14.1 Å². The van der Waals surface area contributed by atoms with E-state index in [9.17, 15) is 14.4 Å². The van der Waals surface area contributed by atoms with E-state index >= 15 is 0 Å². The first-order valence-electron chi connectivity index (χ1n) is 9.52. The lowest BCUT2D eigenvalue weighted by molar-refractivity contribution is -0.667. The summed E-state index contributed by atoms with van der Waals surface area (Å²) in [6.45, 7) is 0.351. The topological polar surface area (TPSA) is 99.2 Å². The van der Waals surface area contributed by atoms with Crippen LogP contribution in [0.1, 0.15) is 15.9 Å². The molecule has 0 unspecified atom stereocenters. The molecule has 4 aromatic rings. The van der Waals surface area contributed by atoms with Gasteiger partial charge in [-0.2, -0.15) is 9.55 Å². The first-order chi connectivity index (χ1) is 14.9. The van der Waals surface area contributed by atoms with Gasteiger partial charge in [0.2, 0.25) is 0 Å². The molecule has 0 saturated carbocycles. The number of methoxy groups -OCH3 is 1. The van der Waals surface area contributed by atoms with Gasteiger partial charge in [-0.1, -0.05) is 30.3 Å². The van der Waals surface area contributed by atoms with Crippen LogP contribution in [0.25, 0.3) is 11.2 Å². The average Bonchev–Trinajstić information content (AvgIpc) is 3.14. The van der Waals surface area contributed by atoms with Gasteiger partial charge in [-0.25, -0.2) is 9.59 Å². The van der Waals surface area contributed by atoms with Crippen LogP contribution in [-0.4, -0.2) is 27.2 Å². The van der Waals surface area contributed by atoms with E-state index in [1.807, 2.05) is 30.3 Å². The zero-order valence-corrected chi connectivity index (χ0v) is 17.3. The number of ether oxygens (including phenoxy) is 2. The van der Waals surface area contributed by atoms with Crippen molar-refractivity contribution in [3.63, 3.8) is 0 Å². The Labute approximate surface area is 176 Å². The Bertz CT molecular complexity index is 1380. The minimum atomic E-state index is -0.449. The Hall–Kier alpha value is -4.14. The smallest absolute Gasteiger partial charge is 0.462 e. The Kier molecular flexibility index (Phi) is 5.16.